The molecule has 94 valence electrons. The Balaban J connectivity index is 2.09. The molecule has 0 saturated carbocycles. The van der Waals surface area contributed by atoms with Crippen LogP contribution in [0.5, 0.6) is 5.88 Å². The summed E-state index contributed by atoms with van der Waals surface area (Å²) >= 11 is 0. The van der Waals surface area contributed by atoms with E-state index >= 15 is 0 Å². The van der Waals surface area contributed by atoms with Crippen LogP contribution in [0.4, 0.5) is 5.95 Å². The maximum Gasteiger partial charge on any atom is 0.228 e. The van der Waals surface area contributed by atoms with Crippen molar-refractivity contribution >= 4 is 5.95 Å². The van der Waals surface area contributed by atoms with Gasteiger partial charge in [-0.1, -0.05) is 0 Å². The summed E-state index contributed by atoms with van der Waals surface area (Å²) in [5.41, 5.74) is 0. The maximum atomic E-state index is 5.58. The SMILES string of the molecule is CC(C)Oc1ccnc(N2CCN[C@H](C)C2)n1. The Morgan fingerprint density at radius 2 is 2.35 bits per heavy atom. The summed E-state index contributed by atoms with van der Waals surface area (Å²) < 4.78 is 5.58. The van der Waals surface area contributed by atoms with Gasteiger partial charge in [-0.15, -0.1) is 0 Å². The predicted octanol–water partition coefficient (Wildman–Crippen LogP) is 1.06. The van der Waals surface area contributed by atoms with E-state index in [1.54, 1.807) is 12.3 Å². The minimum atomic E-state index is 0.139. The number of piperazine rings is 1. The minimum Gasteiger partial charge on any atom is -0.475 e. The van der Waals surface area contributed by atoms with Crippen molar-refractivity contribution in [3.8, 4) is 5.88 Å². The number of nitrogens with one attached hydrogen (secondary N) is 1. The normalized spacial score (nSPS) is 20.7. The third-order valence-corrected chi connectivity index (χ3v) is 2.63. The molecule has 0 bridgehead atoms. The van der Waals surface area contributed by atoms with Crippen molar-refractivity contribution in [3.05, 3.63) is 12.3 Å². The van der Waals surface area contributed by atoms with Gasteiger partial charge in [-0.2, -0.15) is 4.98 Å². The maximum absolute atomic E-state index is 5.58. The zero-order chi connectivity index (χ0) is 12.3. The smallest absolute Gasteiger partial charge is 0.228 e. The van der Waals surface area contributed by atoms with E-state index < -0.39 is 0 Å². The molecule has 0 spiro atoms. The monoisotopic (exact) mass is 236 g/mol. The van der Waals surface area contributed by atoms with E-state index in [9.17, 15) is 0 Å². The first-order valence-electron chi connectivity index (χ1n) is 6.13. The zero-order valence-electron chi connectivity index (χ0n) is 10.7. The van der Waals surface area contributed by atoms with Crippen LogP contribution in [0.3, 0.4) is 0 Å². The Morgan fingerprint density at radius 1 is 1.53 bits per heavy atom. The van der Waals surface area contributed by atoms with E-state index in [0.29, 0.717) is 11.9 Å². The fourth-order valence-corrected chi connectivity index (χ4v) is 1.91. The number of anilines is 1. The van der Waals surface area contributed by atoms with Crippen molar-refractivity contribution in [2.45, 2.75) is 32.9 Å². The molecule has 1 N–H and O–H groups in total. The van der Waals surface area contributed by atoms with E-state index in [-0.39, 0.29) is 6.10 Å². The summed E-state index contributed by atoms with van der Waals surface area (Å²) in [5.74, 6) is 1.41. The van der Waals surface area contributed by atoms with Crippen molar-refractivity contribution in [2.24, 2.45) is 0 Å². The predicted molar refractivity (Wildman–Crippen MR) is 67.5 cm³/mol. The van der Waals surface area contributed by atoms with Crippen LogP contribution in [0.25, 0.3) is 0 Å². The largest absolute Gasteiger partial charge is 0.475 e. The molecule has 0 amide bonds. The molecular formula is C12H20N4O. The first-order valence-corrected chi connectivity index (χ1v) is 6.13. The van der Waals surface area contributed by atoms with Crippen molar-refractivity contribution in [1.82, 2.24) is 15.3 Å². The topological polar surface area (TPSA) is 50.3 Å². The molecular weight excluding hydrogens is 216 g/mol. The third-order valence-electron chi connectivity index (χ3n) is 2.63. The number of rotatable bonds is 3. The molecule has 1 aromatic heterocycles. The van der Waals surface area contributed by atoms with Gasteiger partial charge < -0.3 is 15.0 Å². The van der Waals surface area contributed by atoms with Gasteiger partial charge in [-0.25, -0.2) is 4.98 Å². The average Bonchev–Trinajstić information content (AvgIpc) is 2.28. The second-order valence-corrected chi connectivity index (χ2v) is 4.66. The van der Waals surface area contributed by atoms with E-state index in [1.165, 1.54) is 0 Å². The highest BCUT2D eigenvalue weighted by Crippen LogP contribution is 2.15. The number of hydrogen-bond donors (Lipinski definition) is 1. The van der Waals surface area contributed by atoms with Gasteiger partial charge in [-0.3, -0.25) is 0 Å². The van der Waals surface area contributed by atoms with Crippen LogP contribution in [0.2, 0.25) is 0 Å². The second-order valence-electron chi connectivity index (χ2n) is 4.66. The molecule has 1 atom stereocenters. The lowest BCUT2D eigenvalue weighted by atomic mass is 10.2. The van der Waals surface area contributed by atoms with Crippen molar-refractivity contribution in [1.29, 1.82) is 0 Å². The van der Waals surface area contributed by atoms with Gasteiger partial charge in [0, 0.05) is 37.9 Å². The van der Waals surface area contributed by atoms with Crippen molar-refractivity contribution in [2.75, 3.05) is 24.5 Å². The highest BCUT2D eigenvalue weighted by atomic mass is 16.5. The first-order chi connectivity index (χ1) is 8.15. The number of hydrogen-bond acceptors (Lipinski definition) is 5. The summed E-state index contributed by atoms with van der Waals surface area (Å²) in [6.07, 6.45) is 1.90. The van der Waals surface area contributed by atoms with E-state index in [2.05, 4.69) is 27.1 Å². The summed E-state index contributed by atoms with van der Waals surface area (Å²) in [6, 6.07) is 2.27. The number of aromatic nitrogens is 2. The quantitative estimate of drug-likeness (QED) is 0.850. The molecule has 2 heterocycles. The van der Waals surface area contributed by atoms with Crippen molar-refractivity contribution in [3.63, 3.8) is 0 Å². The molecule has 5 nitrogen and oxygen atoms in total. The molecule has 0 unspecified atom stereocenters. The van der Waals surface area contributed by atoms with Gasteiger partial charge in [0.1, 0.15) is 0 Å². The molecule has 1 aliphatic heterocycles. The van der Waals surface area contributed by atoms with Gasteiger partial charge in [-0.05, 0) is 20.8 Å². The van der Waals surface area contributed by atoms with Gasteiger partial charge in [0.15, 0.2) is 0 Å². The third kappa shape index (κ3) is 3.30. The highest BCUT2D eigenvalue weighted by Gasteiger charge is 2.18. The van der Waals surface area contributed by atoms with Gasteiger partial charge in [0.25, 0.3) is 0 Å². The highest BCUT2D eigenvalue weighted by molar-refractivity contribution is 5.33. The lowest BCUT2D eigenvalue weighted by Crippen LogP contribution is -2.49. The van der Waals surface area contributed by atoms with Crippen LogP contribution >= 0.6 is 0 Å². The molecule has 17 heavy (non-hydrogen) atoms. The zero-order valence-corrected chi connectivity index (χ0v) is 10.7. The fraction of sp³-hybridized carbons (Fsp3) is 0.667. The Labute approximate surface area is 102 Å². The first kappa shape index (κ1) is 12.1. The molecule has 1 aliphatic rings. The Hall–Kier alpha value is -1.36. The van der Waals surface area contributed by atoms with Crippen LogP contribution in [0.1, 0.15) is 20.8 Å². The molecule has 1 saturated heterocycles. The second kappa shape index (κ2) is 5.31. The Morgan fingerprint density at radius 3 is 3.06 bits per heavy atom. The van der Waals surface area contributed by atoms with E-state index in [0.717, 1.165) is 25.6 Å². The Bertz CT molecular complexity index is 369. The van der Waals surface area contributed by atoms with Crippen LogP contribution in [0.15, 0.2) is 12.3 Å². The molecule has 0 aromatic carbocycles. The molecule has 0 radical (unpaired) electrons. The van der Waals surface area contributed by atoms with Crippen LogP contribution in [0, 0.1) is 0 Å². The summed E-state index contributed by atoms with van der Waals surface area (Å²) in [5, 5.41) is 3.40. The van der Waals surface area contributed by atoms with E-state index in [4.69, 9.17) is 4.74 Å². The fourth-order valence-electron chi connectivity index (χ4n) is 1.91. The molecule has 5 heteroatoms. The minimum absolute atomic E-state index is 0.139. The van der Waals surface area contributed by atoms with E-state index in [1.807, 2.05) is 13.8 Å². The van der Waals surface area contributed by atoms with Crippen LogP contribution < -0.4 is 15.0 Å². The lowest BCUT2D eigenvalue weighted by Gasteiger charge is -2.31. The van der Waals surface area contributed by atoms with Crippen LogP contribution in [-0.4, -0.2) is 41.7 Å². The number of ether oxygens (including phenoxy) is 1. The number of nitrogens with zero attached hydrogens (tertiary/aromatic N) is 3. The summed E-state index contributed by atoms with van der Waals surface area (Å²) in [6.45, 7) is 9.00. The molecule has 0 aliphatic carbocycles. The molecule has 1 aromatic rings. The standard InChI is InChI=1S/C12H20N4O/c1-9(2)17-11-4-5-14-12(15-11)16-7-6-13-10(3)8-16/h4-5,9-10,13H,6-8H2,1-3H3/t10-/m1/s1. The van der Waals surface area contributed by atoms with Crippen molar-refractivity contribution < 1.29 is 4.74 Å². The van der Waals surface area contributed by atoms with Gasteiger partial charge in [0.2, 0.25) is 11.8 Å². The van der Waals surface area contributed by atoms with Gasteiger partial charge in [0.05, 0.1) is 6.10 Å². The van der Waals surface area contributed by atoms with Crippen LogP contribution in [-0.2, 0) is 0 Å². The summed E-state index contributed by atoms with van der Waals surface area (Å²) in [7, 11) is 0. The lowest BCUT2D eigenvalue weighted by molar-refractivity contribution is 0.232. The molecule has 1 fully saturated rings. The Kier molecular flexibility index (Phi) is 3.78. The summed E-state index contributed by atoms with van der Waals surface area (Å²) in [4.78, 5) is 10.9. The molecule has 2 rings (SSSR count). The van der Waals surface area contributed by atoms with Gasteiger partial charge >= 0.3 is 0 Å². The average molecular weight is 236 g/mol.